The van der Waals surface area contributed by atoms with Crippen molar-refractivity contribution in [3.05, 3.63) is 54.3 Å². The minimum atomic E-state index is -0.338. The topological polar surface area (TPSA) is 44.4 Å². The Labute approximate surface area is 158 Å². The monoisotopic (exact) mass is 366 g/mol. The van der Waals surface area contributed by atoms with Crippen LogP contribution in [-0.2, 0) is 0 Å². The van der Waals surface area contributed by atoms with E-state index in [1.165, 1.54) is 18.9 Å². The van der Waals surface area contributed by atoms with E-state index >= 15 is 0 Å². The van der Waals surface area contributed by atoms with Crippen LogP contribution in [0.3, 0.4) is 0 Å². The number of piperazine rings is 1. The fourth-order valence-corrected chi connectivity index (χ4v) is 3.36. The Morgan fingerprint density at radius 3 is 2.41 bits per heavy atom. The molecule has 0 radical (unpaired) electrons. The van der Waals surface area contributed by atoms with Crippen LogP contribution >= 0.6 is 0 Å². The number of ether oxygens (including phenoxy) is 1. The highest BCUT2D eigenvalue weighted by Crippen LogP contribution is 2.29. The zero-order chi connectivity index (χ0) is 18.8. The second-order valence-corrected chi connectivity index (χ2v) is 6.85. The quantitative estimate of drug-likeness (QED) is 0.766. The molecule has 27 heavy (non-hydrogen) atoms. The highest BCUT2D eigenvalue weighted by Gasteiger charge is 2.15. The van der Waals surface area contributed by atoms with Crippen LogP contribution in [-0.4, -0.2) is 55.4 Å². The van der Waals surface area contributed by atoms with Gasteiger partial charge >= 0.3 is 0 Å². The van der Waals surface area contributed by atoms with Crippen molar-refractivity contribution >= 4 is 5.69 Å². The van der Waals surface area contributed by atoms with Crippen LogP contribution in [0.25, 0.3) is 22.5 Å². The average Bonchev–Trinajstić information content (AvgIpc) is 3.18. The molecule has 0 amide bonds. The van der Waals surface area contributed by atoms with Gasteiger partial charge in [0.05, 0.1) is 18.5 Å². The van der Waals surface area contributed by atoms with Crippen LogP contribution in [0.1, 0.15) is 0 Å². The summed E-state index contributed by atoms with van der Waals surface area (Å²) in [6.07, 6.45) is 0. The number of benzene rings is 2. The normalized spacial score (nSPS) is 15.1. The number of hydrogen-bond acceptors (Lipinski definition) is 4. The van der Waals surface area contributed by atoms with E-state index in [0.29, 0.717) is 17.0 Å². The second kappa shape index (κ2) is 7.40. The van der Waals surface area contributed by atoms with Crippen molar-refractivity contribution in [2.75, 3.05) is 45.2 Å². The van der Waals surface area contributed by atoms with E-state index in [-0.39, 0.29) is 5.82 Å². The van der Waals surface area contributed by atoms with Crippen LogP contribution in [0.5, 0.6) is 5.75 Å². The van der Waals surface area contributed by atoms with Crippen LogP contribution in [0, 0.1) is 5.82 Å². The summed E-state index contributed by atoms with van der Waals surface area (Å²) in [5, 5.41) is 7.29. The Morgan fingerprint density at radius 1 is 1.00 bits per heavy atom. The van der Waals surface area contributed by atoms with Crippen molar-refractivity contribution in [3.8, 4) is 28.3 Å². The third kappa shape index (κ3) is 3.66. The van der Waals surface area contributed by atoms with E-state index in [9.17, 15) is 4.39 Å². The van der Waals surface area contributed by atoms with Gasteiger partial charge in [-0.25, -0.2) is 4.39 Å². The molecule has 0 saturated carbocycles. The van der Waals surface area contributed by atoms with Crippen LogP contribution in [0.15, 0.2) is 48.5 Å². The predicted octanol–water partition coefficient (Wildman–Crippen LogP) is 3.64. The SMILES string of the molecule is COc1ccc(-c2cc(-c3ccc(N4CCN(C)CC4)cc3)n[nH]2)c(F)c1. The smallest absolute Gasteiger partial charge is 0.136 e. The molecule has 3 aromatic rings. The molecule has 1 aromatic heterocycles. The van der Waals surface area contributed by atoms with Crippen molar-refractivity contribution in [2.24, 2.45) is 0 Å². The number of halogens is 1. The van der Waals surface area contributed by atoms with Gasteiger partial charge < -0.3 is 14.5 Å². The molecule has 0 bridgehead atoms. The molecular formula is C21H23FN4O. The molecule has 6 heteroatoms. The van der Waals surface area contributed by atoms with Gasteiger partial charge in [-0.1, -0.05) is 12.1 Å². The van der Waals surface area contributed by atoms with E-state index in [1.54, 1.807) is 12.1 Å². The molecule has 1 fully saturated rings. The van der Waals surface area contributed by atoms with E-state index in [1.807, 2.05) is 6.07 Å². The third-order valence-corrected chi connectivity index (χ3v) is 5.08. The molecule has 4 rings (SSSR count). The maximum absolute atomic E-state index is 14.3. The zero-order valence-electron chi connectivity index (χ0n) is 15.6. The van der Waals surface area contributed by atoms with Gasteiger partial charge in [-0.15, -0.1) is 0 Å². The first kappa shape index (κ1) is 17.5. The Bertz CT molecular complexity index is 914. The lowest BCUT2D eigenvalue weighted by atomic mass is 10.1. The maximum Gasteiger partial charge on any atom is 0.136 e. The van der Waals surface area contributed by atoms with E-state index < -0.39 is 0 Å². The molecule has 0 atom stereocenters. The highest BCUT2D eigenvalue weighted by atomic mass is 19.1. The Balaban J connectivity index is 1.53. The summed E-state index contributed by atoms with van der Waals surface area (Å²) < 4.78 is 19.3. The number of aromatic amines is 1. The largest absolute Gasteiger partial charge is 0.497 e. The van der Waals surface area contributed by atoms with Crippen LogP contribution < -0.4 is 9.64 Å². The molecule has 140 valence electrons. The number of H-pyrrole nitrogens is 1. The van der Waals surface area contributed by atoms with Gasteiger partial charge in [-0.3, -0.25) is 5.10 Å². The van der Waals surface area contributed by atoms with Crippen LogP contribution in [0.4, 0.5) is 10.1 Å². The lowest BCUT2D eigenvalue weighted by Gasteiger charge is -2.34. The number of methoxy groups -OCH3 is 1. The number of hydrogen-bond donors (Lipinski definition) is 1. The molecule has 1 aliphatic rings. The van der Waals surface area contributed by atoms with Crippen molar-refractivity contribution in [3.63, 3.8) is 0 Å². The summed E-state index contributed by atoms with van der Waals surface area (Å²) in [6, 6.07) is 15.1. The van der Waals surface area contributed by atoms with Gasteiger partial charge in [-0.05, 0) is 37.4 Å². The van der Waals surface area contributed by atoms with E-state index in [2.05, 4.69) is 51.3 Å². The number of nitrogens with one attached hydrogen (secondary N) is 1. The molecule has 1 saturated heterocycles. The van der Waals surface area contributed by atoms with Crippen molar-refractivity contribution < 1.29 is 9.13 Å². The summed E-state index contributed by atoms with van der Waals surface area (Å²) in [5.41, 5.74) is 4.15. The summed E-state index contributed by atoms with van der Waals surface area (Å²) in [7, 11) is 3.68. The number of rotatable bonds is 4. The van der Waals surface area contributed by atoms with Gasteiger partial charge in [0, 0.05) is 49.1 Å². The number of aromatic nitrogens is 2. The van der Waals surface area contributed by atoms with Gasteiger partial charge in [0.2, 0.25) is 0 Å². The molecule has 0 aliphatic carbocycles. The summed E-state index contributed by atoms with van der Waals surface area (Å²) in [4.78, 5) is 4.74. The van der Waals surface area contributed by atoms with E-state index in [0.717, 1.165) is 37.4 Å². The Kier molecular flexibility index (Phi) is 4.81. The highest BCUT2D eigenvalue weighted by molar-refractivity contribution is 5.70. The molecule has 0 unspecified atom stereocenters. The Morgan fingerprint density at radius 2 is 1.74 bits per heavy atom. The first-order chi connectivity index (χ1) is 13.1. The molecule has 1 aliphatic heterocycles. The molecule has 5 nitrogen and oxygen atoms in total. The molecular weight excluding hydrogens is 343 g/mol. The predicted molar refractivity (Wildman–Crippen MR) is 106 cm³/mol. The van der Waals surface area contributed by atoms with Crippen molar-refractivity contribution in [1.29, 1.82) is 0 Å². The lowest BCUT2D eigenvalue weighted by molar-refractivity contribution is 0.313. The molecule has 2 aromatic carbocycles. The average molecular weight is 366 g/mol. The molecule has 1 N–H and O–H groups in total. The van der Waals surface area contributed by atoms with Crippen molar-refractivity contribution in [1.82, 2.24) is 15.1 Å². The fraction of sp³-hybridized carbons (Fsp3) is 0.286. The Hall–Kier alpha value is -2.86. The zero-order valence-corrected chi connectivity index (χ0v) is 15.6. The number of nitrogens with zero attached hydrogens (tertiary/aromatic N) is 3. The second-order valence-electron chi connectivity index (χ2n) is 6.85. The van der Waals surface area contributed by atoms with Crippen molar-refractivity contribution in [2.45, 2.75) is 0 Å². The minimum absolute atomic E-state index is 0.338. The maximum atomic E-state index is 14.3. The van der Waals surface area contributed by atoms with Gasteiger partial charge in [0.15, 0.2) is 0 Å². The van der Waals surface area contributed by atoms with E-state index in [4.69, 9.17) is 4.74 Å². The summed E-state index contributed by atoms with van der Waals surface area (Å²) in [5.74, 6) is 0.158. The first-order valence-corrected chi connectivity index (χ1v) is 9.07. The summed E-state index contributed by atoms with van der Waals surface area (Å²) >= 11 is 0. The molecule has 2 heterocycles. The minimum Gasteiger partial charge on any atom is -0.497 e. The van der Waals surface area contributed by atoms with Gasteiger partial charge in [-0.2, -0.15) is 5.10 Å². The summed E-state index contributed by atoms with van der Waals surface area (Å²) in [6.45, 7) is 4.24. The molecule has 0 spiro atoms. The third-order valence-electron chi connectivity index (χ3n) is 5.08. The van der Waals surface area contributed by atoms with Crippen LogP contribution in [0.2, 0.25) is 0 Å². The van der Waals surface area contributed by atoms with Gasteiger partial charge in [0.1, 0.15) is 11.6 Å². The standard InChI is InChI=1S/C21H23FN4O/c1-25-9-11-26(12-10-25)16-5-3-15(4-6-16)20-14-21(24-23-20)18-8-7-17(27-2)13-19(18)22/h3-8,13-14H,9-12H2,1-2H3,(H,23,24). The first-order valence-electron chi connectivity index (χ1n) is 9.07. The van der Waals surface area contributed by atoms with Gasteiger partial charge in [0.25, 0.3) is 0 Å². The lowest BCUT2D eigenvalue weighted by Crippen LogP contribution is -2.44. The number of anilines is 1. The number of likely N-dealkylation sites (N-methyl/N-ethyl adjacent to an activating group) is 1. The fourth-order valence-electron chi connectivity index (χ4n) is 3.36.